The summed E-state index contributed by atoms with van der Waals surface area (Å²) in [4.78, 5) is 24.2. The summed E-state index contributed by atoms with van der Waals surface area (Å²) in [6.07, 6.45) is -0.934. The van der Waals surface area contributed by atoms with Crippen LogP contribution in [-0.4, -0.2) is 44.8 Å². The number of esters is 1. The summed E-state index contributed by atoms with van der Waals surface area (Å²) >= 11 is 0. The van der Waals surface area contributed by atoms with Crippen LogP contribution >= 0.6 is 0 Å². The zero-order valence-electron chi connectivity index (χ0n) is 14.9. The summed E-state index contributed by atoms with van der Waals surface area (Å²) in [6, 6.07) is 5.33. The standard InChI is InChI=1S/C18H23NO6/c1-5-23-13-6-7-15-14(10-13)11(2)16(25-15)18(21)24-12(3)17(20)19-8-9-22-4/h6-7,10,12H,5,8-9H2,1-4H3,(H,19,20)/t12-/m0/s1. The number of benzene rings is 1. The van der Waals surface area contributed by atoms with Gasteiger partial charge in [-0.25, -0.2) is 4.79 Å². The van der Waals surface area contributed by atoms with E-state index in [-0.39, 0.29) is 5.76 Å². The van der Waals surface area contributed by atoms with Crippen LogP contribution in [0.3, 0.4) is 0 Å². The topological polar surface area (TPSA) is 87.0 Å². The Labute approximate surface area is 146 Å². The lowest BCUT2D eigenvalue weighted by molar-refractivity contribution is -0.129. The number of carbonyl (C=O) groups is 2. The third-order valence-electron chi connectivity index (χ3n) is 3.66. The van der Waals surface area contributed by atoms with Crippen molar-refractivity contribution >= 4 is 22.8 Å². The fourth-order valence-electron chi connectivity index (χ4n) is 2.34. The van der Waals surface area contributed by atoms with Gasteiger partial charge in [-0.1, -0.05) is 0 Å². The largest absolute Gasteiger partial charge is 0.494 e. The van der Waals surface area contributed by atoms with Crippen LogP contribution in [0.2, 0.25) is 0 Å². The van der Waals surface area contributed by atoms with E-state index >= 15 is 0 Å². The lowest BCUT2D eigenvalue weighted by atomic mass is 10.1. The molecule has 0 spiro atoms. The molecule has 0 aliphatic carbocycles. The van der Waals surface area contributed by atoms with Crippen molar-refractivity contribution in [2.45, 2.75) is 26.9 Å². The van der Waals surface area contributed by atoms with Crippen LogP contribution in [0.15, 0.2) is 22.6 Å². The molecule has 0 fully saturated rings. The van der Waals surface area contributed by atoms with Crippen LogP contribution < -0.4 is 10.1 Å². The van der Waals surface area contributed by atoms with Gasteiger partial charge < -0.3 is 23.9 Å². The fraction of sp³-hybridized carbons (Fsp3) is 0.444. The molecule has 0 aliphatic heterocycles. The average molecular weight is 349 g/mol. The number of carbonyl (C=O) groups excluding carboxylic acids is 2. The summed E-state index contributed by atoms with van der Waals surface area (Å²) in [6.45, 7) is 6.45. The molecule has 0 aliphatic rings. The van der Waals surface area contributed by atoms with E-state index in [1.54, 1.807) is 19.1 Å². The third kappa shape index (κ3) is 4.51. The van der Waals surface area contributed by atoms with Crippen molar-refractivity contribution in [1.82, 2.24) is 5.32 Å². The first kappa shape index (κ1) is 18.8. The normalized spacial score (nSPS) is 12.0. The number of hydrogen-bond acceptors (Lipinski definition) is 6. The second-order valence-corrected chi connectivity index (χ2v) is 5.48. The smallest absolute Gasteiger partial charge is 0.375 e. The summed E-state index contributed by atoms with van der Waals surface area (Å²) < 4.78 is 21.1. The number of hydrogen-bond donors (Lipinski definition) is 1. The minimum atomic E-state index is -0.934. The SMILES string of the molecule is CCOc1ccc2oc(C(=O)O[C@@H](C)C(=O)NCCOC)c(C)c2c1. The lowest BCUT2D eigenvalue weighted by Crippen LogP contribution is -2.37. The maximum Gasteiger partial charge on any atom is 0.375 e. The van der Waals surface area contributed by atoms with E-state index in [0.29, 0.717) is 36.7 Å². The van der Waals surface area contributed by atoms with Gasteiger partial charge in [-0.2, -0.15) is 0 Å². The molecule has 1 aromatic carbocycles. The molecule has 1 amide bonds. The maximum atomic E-state index is 12.3. The minimum Gasteiger partial charge on any atom is -0.494 e. The Morgan fingerprint density at radius 3 is 2.76 bits per heavy atom. The highest BCUT2D eigenvalue weighted by atomic mass is 16.6. The molecule has 2 aromatic rings. The molecular weight excluding hydrogens is 326 g/mol. The maximum absolute atomic E-state index is 12.3. The van der Waals surface area contributed by atoms with E-state index in [9.17, 15) is 9.59 Å². The Hall–Kier alpha value is -2.54. The number of aryl methyl sites for hydroxylation is 1. The molecule has 0 bridgehead atoms. The lowest BCUT2D eigenvalue weighted by Gasteiger charge is -2.12. The van der Waals surface area contributed by atoms with Gasteiger partial charge in [0.15, 0.2) is 6.10 Å². The molecule has 1 N–H and O–H groups in total. The van der Waals surface area contributed by atoms with Crippen molar-refractivity contribution in [3.05, 3.63) is 29.5 Å². The Bertz CT molecular complexity index is 751. The van der Waals surface area contributed by atoms with Gasteiger partial charge >= 0.3 is 5.97 Å². The van der Waals surface area contributed by atoms with Crippen molar-refractivity contribution in [3.8, 4) is 5.75 Å². The van der Waals surface area contributed by atoms with Crippen molar-refractivity contribution < 1.29 is 28.2 Å². The van der Waals surface area contributed by atoms with Crippen molar-refractivity contribution in [3.63, 3.8) is 0 Å². The van der Waals surface area contributed by atoms with Gasteiger partial charge in [-0.3, -0.25) is 4.79 Å². The van der Waals surface area contributed by atoms with Gasteiger partial charge in [0.2, 0.25) is 5.76 Å². The number of amides is 1. The van der Waals surface area contributed by atoms with Crippen LogP contribution in [0.4, 0.5) is 0 Å². The zero-order valence-corrected chi connectivity index (χ0v) is 14.9. The molecule has 0 saturated heterocycles. The van der Waals surface area contributed by atoms with Crippen LogP contribution in [0.5, 0.6) is 5.75 Å². The second-order valence-electron chi connectivity index (χ2n) is 5.48. The minimum absolute atomic E-state index is 0.0835. The van der Waals surface area contributed by atoms with Gasteiger partial charge in [0.25, 0.3) is 5.91 Å². The predicted molar refractivity (Wildman–Crippen MR) is 91.9 cm³/mol. The molecule has 1 aromatic heterocycles. The van der Waals surface area contributed by atoms with E-state index < -0.39 is 18.0 Å². The highest BCUT2D eigenvalue weighted by Crippen LogP contribution is 2.29. The number of ether oxygens (including phenoxy) is 3. The molecule has 136 valence electrons. The first-order valence-corrected chi connectivity index (χ1v) is 8.11. The Morgan fingerprint density at radius 1 is 1.32 bits per heavy atom. The van der Waals surface area contributed by atoms with E-state index in [0.717, 1.165) is 5.39 Å². The first-order valence-electron chi connectivity index (χ1n) is 8.11. The van der Waals surface area contributed by atoms with Gasteiger partial charge in [0.1, 0.15) is 11.3 Å². The van der Waals surface area contributed by atoms with E-state index in [4.69, 9.17) is 18.6 Å². The Kier molecular flexibility index (Phi) is 6.41. The van der Waals surface area contributed by atoms with Gasteiger partial charge in [0, 0.05) is 24.6 Å². The molecule has 0 unspecified atom stereocenters. The summed E-state index contributed by atoms with van der Waals surface area (Å²) in [5, 5.41) is 3.39. The highest BCUT2D eigenvalue weighted by molar-refractivity contribution is 5.97. The van der Waals surface area contributed by atoms with Crippen molar-refractivity contribution in [1.29, 1.82) is 0 Å². The van der Waals surface area contributed by atoms with Crippen molar-refractivity contribution in [2.75, 3.05) is 26.9 Å². The number of rotatable bonds is 8. The highest BCUT2D eigenvalue weighted by Gasteiger charge is 2.24. The molecule has 2 rings (SSSR count). The summed E-state index contributed by atoms with van der Waals surface area (Å²) in [5.74, 6) is -0.288. The molecule has 7 nitrogen and oxygen atoms in total. The number of nitrogens with one attached hydrogen (secondary N) is 1. The number of furan rings is 1. The summed E-state index contributed by atoms with van der Waals surface area (Å²) in [5.41, 5.74) is 1.21. The number of fused-ring (bicyclic) bond motifs is 1. The monoisotopic (exact) mass is 349 g/mol. The van der Waals surface area contributed by atoms with E-state index in [1.165, 1.54) is 14.0 Å². The first-order chi connectivity index (χ1) is 12.0. The molecule has 1 heterocycles. The van der Waals surface area contributed by atoms with Crippen LogP contribution in [0.25, 0.3) is 11.0 Å². The molecule has 0 saturated carbocycles. The van der Waals surface area contributed by atoms with Gasteiger partial charge in [-0.05, 0) is 39.0 Å². The molecule has 0 radical (unpaired) electrons. The predicted octanol–water partition coefficient (Wildman–Crippen LogP) is 2.45. The van der Waals surface area contributed by atoms with Gasteiger partial charge in [0.05, 0.1) is 13.2 Å². The quantitative estimate of drug-likeness (QED) is 0.582. The third-order valence-corrected chi connectivity index (χ3v) is 3.66. The van der Waals surface area contributed by atoms with Gasteiger partial charge in [-0.15, -0.1) is 0 Å². The Morgan fingerprint density at radius 2 is 2.08 bits per heavy atom. The van der Waals surface area contributed by atoms with E-state index in [1.807, 2.05) is 13.0 Å². The molecule has 25 heavy (non-hydrogen) atoms. The fourth-order valence-corrected chi connectivity index (χ4v) is 2.34. The van der Waals surface area contributed by atoms with Crippen LogP contribution in [-0.2, 0) is 14.3 Å². The second kappa shape index (κ2) is 8.53. The van der Waals surface area contributed by atoms with Crippen LogP contribution in [0, 0.1) is 6.92 Å². The van der Waals surface area contributed by atoms with Crippen LogP contribution in [0.1, 0.15) is 30.0 Å². The van der Waals surface area contributed by atoms with Crippen molar-refractivity contribution in [2.24, 2.45) is 0 Å². The van der Waals surface area contributed by atoms with E-state index in [2.05, 4.69) is 5.32 Å². The molecule has 1 atom stereocenters. The average Bonchev–Trinajstić information content (AvgIpc) is 2.92. The Balaban J connectivity index is 2.11. The molecular formula is C18H23NO6. The summed E-state index contributed by atoms with van der Waals surface area (Å²) in [7, 11) is 1.54. The zero-order chi connectivity index (χ0) is 18.4. The molecule has 7 heteroatoms. The number of methoxy groups -OCH3 is 1.